The average molecular weight is 141 g/mol. The highest BCUT2D eigenvalue weighted by Crippen LogP contribution is 2.17. The van der Waals surface area contributed by atoms with Crippen LogP contribution in [-0.2, 0) is 4.79 Å². The molecule has 0 bridgehead atoms. The summed E-state index contributed by atoms with van der Waals surface area (Å²) >= 11 is 0. The summed E-state index contributed by atoms with van der Waals surface area (Å²) < 4.78 is 0. The molecule has 4 heteroatoms. The molecule has 0 spiro atoms. The fraction of sp³-hybridized carbons (Fsp3) is 0.667. The van der Waals surface area contributed by atoms with E-state index in [-0.39, 0.29) is 12.6 Å². The Morgan fingerprint density at radius 1 is 1.60 bits per heavy atom. The van der Waals surface area contributed by atoms with E-state index in [4.69, 9.17) is 0 Å². The van der Waals surface area contributed by atoms with Crippen molar-refractivity contribution in [3.63, 3.8) is 0 Å². The first-order valence-electron chi connectivity index (χ1n) is 3.22. The maximum absolute atomic E-state index is 10.7. The minimum absolute atomic E-state index is 0.0292. The Kier molecular flexibility index (Phi) is 2.25. The number of carbonyl (C=O) groups excluding carboxylic acids is 2. The molecule has 1 rings (SSSR count). The van der Waals surface area contributed by atoms with E-state index in [1.165, 1.54) is 0 Å². The number of hydrogen-bond donors (Lipinski definition) is 2. The first kappa shape index (κ1) is 7.05. The molecular formula is C6H9N2O2. The van der Waals surface area contributed by atoms with E-state index in [1.807, 2.05) is 0 Å². The lowest BCUT2D eigenvalue weighted by Crippen LogP contribution is -2.37. The zero-order valence-electron chi connectivity index (χ0n) is 5.52. The van der Waals surface area contributed by atoms with Gasteiger partial charge in [0, 0.05) is 6.04 Å². The summed E-state index contributed by atoms with van der Waals surface area (Å²) in [5, 5.41) is 4.99. The topological polar surface area (TPSA) is 58.2 Å². The smallest absolute Gasteiger partial charge is 0.315 e. The van der Waals surface area contributed by atoms with Crippen LogP contribution in [0.1, 0.15) is 12.8 Å². The third kappa shape index (κ3) is 2.48. The molecule has 1 fully saturated rings. The number of amides is 2. The normalized spacial score (nSPS) is 16.0. The Labute approximate surface area is 59.0 Å². The highest BCUT2D eigenvalue weighted by molar-refractivity contribution is 5.77. The molecule has 0 unspecified atom stereocenters. The molecule has 1 aliphatic carbocycles. The summed E-state index contributed by atoms with van der Waals surface area (Å²) in [6.07, 6.45) is 3.68. The van der Waals surface area contributed by atoms with Crippen LogP contribution in [0.15, 0.2) is 0 Å². The van der Waals surface area contributed by atoms with Crippen LogP contribution >= 0.6 is 0 Å². The molecule has 0 aromatic carbocycles. The zero-order valence-corrected chi connectivity index (χ0v) is 5.52. The summed E-state index contributed by atoms with van der Waals surface area (Å²) in [4.78, 5) is 20.3. The van der Waals surface area contributed by atoms with Gasteiger partial charge in [-0.05, 0) is 12.8 Å². The van der Waals surface area contributed by atoms with Crippen molar-refractivity contribution >= 4 is 12.3 Å². The van der Waals surface area contributed by atoms with Crippen molar-refractivity contribution in [3.05, 3.63) is 0 Å². The molecular weight excluding hydrogens is 132 g/mol. The molecule has 2 amide bonds. The van der Waals surface area contributed by atoms with Crippen LogP contribution < -0.4 is 10.6 Å². The zero-order chi connectivity index (χ0) is 7.40. The van der Waals surface area contributed by atoms with Crippen LogP contribution in [0.25, 0.3) is 0 Å². The first-order valence-corrected chi connectivity index (χ1v) is 3.22. The highest BCUT2D eigenvalue weighted by Gasteiger charge is 2.22. The monoisotopic (exact) mass is 141 g/mol. The number of rotatable bonds is 3. The summed E-state index contributed by atoms with van der Waals surface area (Å²) in [5.74, 6) is 0. The Morgan fingerprint density at radius 2 is 2.30 bits per heavy atom. The van der Waals surface area contributed by atoms with E-state index < -0.39 is 0 Å². The van der Waals surface area contributed by atoms with Gasteiger partial charge in [-0.25, -0.2) is 4.79 Å². The molecule has 4 nitrogen and oxygen atoms in total. The molecule has 1 saturated carbocycles. The Bertz CT molecular complexity index is 143. The fourth-order valence-electron chi connectivity index (χ4n) is 0.580. The van der Waals surface area contributed by atoms with Gasteiger partial charge in [-0.3, -0.25) is 4.79 Å². The summed E-state index contributed by atoms with van der Waals surface area (Å²) in [6.45, 7) is -0.0292. The molecule has 0 aromatic rings. The van der Waals surface area contributed by atoms with Crippen LogP contribution in [0.5, 0.6) is 0 Å². The van der Waals surface area contributed by atoms with Crippen molar-refractivity contribution in [2.75, 3.05) is 6.54 Å². The van der Waals surface area contributed by atoms with Gasteiger partial charge in [-0.1, -0.05) is 0 Å². The van der Waals surface area contributed by atoms with Gasteiger partial charge in [-0.15, -0.1) is 0 Å². The first-order chi connectivity index (χ1) is 4.83. The molecule has 2 N–H and O–H groups in total. The Morgan fingerprint density at radius 3 is 2.80 bits per heavy atom. The maximum Gasteiger partial charge on any atom is 0.315 e. The third-order valence-electron chi connectivity index (χ3n) is 1.23. The minimum Gasteiger partial charge on any atom is -0.335 e. The molecule has 0 aromatic heterocycles. The van der Waals surface area contributed by atoms with E-state index in [1.54, 1.807) is 6.29 Å². The fourth-order valence-corrected chi connectivity index (χ4v) is 0.580. The number of urea groups is 1. The quantitative estimate of drug-likeness (QED) is 0.559. The minimum atomic E-state index is -0.272. The van der Waals surface area contributed by atoms with Crippen molar-refractivity contribution < 1.29 is 9.59 Å². The van der Waals surface area contributed by atoms with Crippen LogP contribution in [0.2, 0.25) is 0 Å². The second kappa shape index (κ2) is 3.20. The second-order valence-corrected chi connectivity index (χ2v) is 2.25. The van der Waals surface area contributed by atoms with Gasteiger partial charge in [0.15, 0.2) is 0 Å². The Balaban J connectivity index is 2.02. The summed E-state index contributed by atoms with van der Waals surface area (Å²) in [5.41, 5.74) is 0. The maximum atomic E-state index is 10.7. The molecule has 55 valence electrons. The molecule has 0 atom stereocenters. The molecule has 10 heavy (non-hydrogen) atoms. The van der Waals surface area contributed by atoms with E-state index in [0.29, 0.717) is 6.04 Å². The average Bonchev–Trinajstić information content (AvgIpc) is 2.67. The van der Waals surface area contributed by atoms with Gasteiger partial charge in [0.25, 0.3) is 0 Å². The van der Waals surface area contributed by atoms with E-state index in [2.05, 4.69) is 10.6 Å². The predicted octanol–water partition coefficient (Wildman–Crippen LogP) is -0.442. The van der Waals surface area contributed by atoms with Gasteiger partial charge in [0.1, 0.15) is 0 Å². The standard InChI is InChI=1S/C6H9N2O2/c9-4-3-7-6(10)8-5-1-2-5/h5H,1-3H2,(H2,7,8,10). The lowest BCUT2D eigenvalue weighted by atomic mass is 10.6. The molecule has 1 aliphatic rings. The van der Waals surface area contributed by atoms with E-state index >= 15 is 0 Å². The van der Waals surface area contributed by atoms with Crippen molar-refractivity contribution in [1.82, 2.24) is 10.6 Å². The van der Waals surface area contributed by atoms with Gasteiger partial charge in [0.05, 0.1) is 6.54 Å². The van der Waals surface area contributed by atoms with Crippen molar-refractivity contribution in [3.8, 4) is 0 Å². The van der Waals surface area contributed by atoms with Crippen molar-refractivity contribution in [2.45, 2.75) is 18.9 Å². The van der Waals surface area contributed by atoms with Crippen LogP contribution in [0, 0.1) is 0 Å². The largest absolute Gasteiger partial charge is 0.335 e. The van der Waals surface area contributed by atoms with Crippen LogP contribution in [0.3, 0.4) is 0 Å². The van der Waals surface area contributed by atoms with Crippen LogP contribution in [-0.4, -0.2) is 24.9 Å². The Hall–Kier alpha value is -1.06. The summed E-state index contributed by atoms with van der Waals surface area (Å²) in [6, 6.07) is 0.0671. The van der Waals surface area contributed by atoms with E-state index in [9.17, 15) is 9.59 Å². The lowest BCUT2D eigenvalue weighted by molar-refractivity contribution is 0.241. The van der Waals surface area contributed by atoms with Crippen molar-refractivity contribution in [1.29, 1.82) is 0 Å². The molecule has 0 heterocycles. The summed E-state index contributed by atoms with van der Waals surface area (Å²) in [7, 11) is 0. The molecule has 0 saturated heterocycles. The second-order valence-electron chi connectivity index (χ2n) is 2.25. The van der Waals surface area contributed by atoms with Crippen molar-refractivity contribution in [2.24, 2.45) is 0 Å². The third-order valence-corrected chi connectivity index (χ3v) is 1.23. The SMILES string of the molecule is O=[C]CNC(=O)NC1CC1. The molecule has 0 aliphatic heterocycles. The number of nitrogens with one attached hydrogen (secondary N) is 2. The number of hydrogen-bond acceptors (Lipinski definition) is 2. The van der Waals surface area contributed by atoms with Gasteiger partial charge < -0.3 is 10.6 Å². The van der Waals surface area contributed by atoms with E-state index in [0.717, 1.165) is 12.8 Å². The van der Waals surface area contributed by atoms with Gasteiger partial charge >= 0.3 is 6.03 Å². The van der Waals surface area contributed by atoms with Crippen LogP contribution in [0.4, 0.5) is 4.79 Å². The highest BCUT2D eigenvalue weighted by atomic mass is 16.2. The molecule has 1 radical (unpaired) electrons. The predicted molar refractivity (Wildman–Crippen MR) is 35.2 cm³/mol. The van der Waals surface area contributed by atoms with Gasteiger partial charge in [-0.2, -0.15) is 0 Å². The number of carbonyl (C=O) groups is 1. The lowest BCUT2D eigenvalue weighted by Gasteiger charge is -2.00. The van der Waals surface area contributed by atoms with Gasteiger partial charge in [0.2, 0.25) is 6.29 Å².